The lowest BCUT2D eigenvalue weighted by Gasteiger charge is -2.09. The Hall–Kier alpha value is -2.01. The van der Waals surface area contributed by atoms with Crippen LogP contribution in [0.15, 0.2) is 53.4 Å². The number of benzene rings is 2. The summed E-state index contributed by atoms with van der Waals surface area (Å²) in [5.41, 5.74) is 6.35. The largest absolute Gasteiger partial charge is 0.495 e. The molecule has 0 heterocycles. The standard InChI is InChI=1S/C16H19NO3S/c1-19-15-8-2-3-9-16(15)21(18)11-5-10-20-14-7-4-6-13(17)12-14/h2-4,6-9,12H,5,10-11,17H2,1H3. The topological polar surface area (TPSA) is 61.5 Å². The van der Waals surface area contributed by atoms with Gasteiger partial charge in [0, 0.05) is 17.5 Å². The summed E-state index contributed by atoms with van der Waals surface area (Å²) in [6, 6.07) is 14.7. The SMILES string of the molecule is COc1ccccc1S(=O)CCCOc1cccc(N)c1. The maximum Gasteiger partial charge on any atom is 0.134 e. The third-order valence-corrected chi connectivity index (χ3v) is 4.40. The van der Waals surface area contributed by atoms with Gasteiger partial charge < -0.3 is 15.2 Å². The van der Waals surface area contributed by atoms with E-state index >= 15 is 0 Å². The first-order valence-electron chi connectivity index (χ1n) is 6.70. The molecular formula is C16H19NO3S. The van der Waals surface area contributed by atoms with Gasteiger partial charge in [0.1, 0.15) is 11.5 Å². The highest BCUT2D eigenvalue weighted by molar-refractivity contribution is 7.85. The molecule has 2 aromatic carbocycles. The predicted octanol–water partition coefficient (Wildman–Crippen LogP) is 2.85. The van der Waals surface area contributed by atoms with Gasteiger partial charge in [0.2, 0.25) is 0 Å². The molecule has 0 aromatic heterocycles. The smallest absolute Gasteiger partial charge is 0.134 e. The number of ether oxygens (including phenoxy) is 2. The number of rotatable bonds is 7. The lowest BCUT2D eigenvalue weighted by atomic mass is 10.3. The van der Waals surface area contributed by atoms with Gasteiger partial charge in [0.25, 0.3) is 0 Å². The minimum Gasteiger partial charge on any atom is -0.495 e. The van der Waals surface area contributed by atoms with E-state index < -0.39 is 10.8 Å². The van der Waals surface area contributed by atoms with E-state index in [1.807, 2.05) is 42.5 Å². The first-order chi connectivity index (χ1) is 10.2. The fourth-order valence-electron chi connectivity index (χ4n) is 1.90. The third kappa shape index (κ3) is 4.49. The van der Waals surface area contributed by atoms with Crippen LogP contribution in [0.1, 0.15) is 6.42 Å². The van der Waals surface area contributed by atoms with E-state index in [1.54, 1.807) is 13.2 Å². The summed E-state index contributed by atoms with van der Waals surface area (Å²) >= 11 is 0. The maximum atomic E-state index is 12.2. The van der Waals surface area contributed by atoms with Crippen LogP contribution in [0.3, 0.4) is 0 Å². The molecule has 112 valence electrons. The average molecular weight is 305 g/mol. The summed E-state index contributed by atoms with van der Waals surface area (Å²) in [7, 11) is 0.495. The van der Waals surface area contributed by atoms with Crippen molar-refractivity contribution in [3.8, 4) is 11.5 Å². The quantitative estimate of drug-likeness (QED) is 0.631. The second-order valence-corrected chi connectivity index (χ2v) is 6.01. The average Bonchev–Trinajstić information content (AvgIpc) is 2.51. The molecule has 1 unspecified atom stereocenters. The molecule has 1 atom stereocenters. The number of hydrogen-bond acceptors (Lipinski definition) is 4. The number of para-hydroxylation sites is 1. The summed E-state index contributed by atoms with van der Waals surface area (Å²) in [5.74, 6) is 1.92. The Morgan fingerprint density at radius 1 is 1.14 bits per heavy atom. The Balaban J connectivity index is 1.82. The van der Waals surface area contributed by atoms with Crippen LogP contribution in [0, 0.1) is 0 Å². The second kappa shape index (κ2) is 7.69. The van der Waals surface area contributed by atoms with Crippen molar-refractivity contribution in [1.82, 2.24) is 0 Å². The normalized spacial score (nSPS) is 11.9. The van der Waals surface area contributed by atoms with Crippen molar-refractivity contribution in [1.29, 1.82) is 0 Å². The van der Waals surface area contributed by atoms with Crippen LogP contribution in [-0.4, -0.2) is 23.7 Å². The van der Waals surface area contributed by atoms with Crippen LogP contribution in [0.5, 0.6) is 11.5 Å². The van der Waals surface area contributed by atoms with Crippen molar-refractivity contribution in [2.24, 2.45) is 0 Å². The van der Waals surface area contributed by atoms with Crippen LogP contribution in [-0.2, 0) is 10.8 Å². The zero-order valence-electron chi connectivity index (χ0n) is 12.0. The van der Waals surface area contributed by atoms with Crippen molar-refractivity contribution >= 4 is 16.5 Å². The van der Waals surface area contributed by atoms with Crippen molar-refractivity contribution in [2.75, 3.05) is 25.2 Å². The summed E-state index contributed by atoms with van der Waals surface area (Å²) in [5, 5.41) is 0. The molecule has 0 amide bonds. The molecule has 0 aliphatic heterocycles. The molecule has 0 saturated carbocycles. The van der Waals surface area contributed by atoms with Crippen molar-refractivity contribution < 1.29 is 13.7 Å². The lowest BCUT2D eigenvalue weighted by Crippen LogP contribution is -2.06. The first kappa shape index (κ1) is 15.4. The van der Waals surface area contributed by atoms with Crippen LogP contribution in [0.4, 0.5) is 5.69 Å². The first-order valence-corrected chi connectivity index (χ1v) is 8.02. The zero-order chi connectivity index (χ0) is 15.1. The minimum absolute atomic E-state index is 0.504. The van der Waals surface area contributed by atoms with Crippen LogP contribution in [0.2, 0.25) is 0 Å². The van der Waals surface area contributed by atoms with E-state index in [-0.39, 0.29) is 0 Å². The highest BCUT2D eigenvalue weighted by atomic mass is 32.2. The Bertz CT molecular complexity index is 616. The Morgan fingerprint density at radius 3 is 2.71 bits per heavy atom. The molecule has 0 saturated heterocycles. The number of hydrogen-bond donors (Lipinski definition) is 1. The van der Waals surface area contributed by atoms with Crippen molar-refractivity contribution in [2.45, 2.75) is 11.3 Å². The minimum atomic E-state index is -1.09. The Kier molecular flexibility index (Phi) is 5.63. The Morgan fingerprint density at radius 2 is 1.95 bits per heavy atom. The number of nitrogens with two attached hydrogens (primary N) is 1. The Labute approximate surface area is 127 Å². The van der Waals surface area contributed by atoms with E-state index in [4.69, 9.17) is 15.2 Å². The molecule has 4 nitrogen and oxygen atoms in total. The van der Waals surface area contributed by atoms with Gasteiger partial charge in [-0.15, -0.1) is 0 Å². The summed E-state index contributed by atoms with van der Waals surface area (Å²) in [6.07, 6.45) is 0.694. The van der Waals surface area contributed by atoms with E-state index in [1.165, 1.54) is 0 Å². The molecule has 5 heteroatoms. The molecular weight excluding hydrogens is 286 g/mol. The van der Waals surface area contributed by atoms with Gasteiger partial charge in [-0.2, -0.15) is 0 Å². The van der Waals surface area contributed by atoms with Crippen molar-refractivity contribution in [3.05, 3.63) is 48.5 Å². The fourth-order valence-corrected chi connectivity index (χ4v) is 3.11. The number of anilines is 1. The highest BCUT2D eigenvalue weighted by Gasteiger charge is 2.09. The van der Waals surface area contributed by atoms with Gasteiger partial charge in [-0.3, -0.25) is 4.21 Å². The van der Waals surface area contributed by atoms with E-state index in [2.05, 4.69) is 0 Å². The van der Waals surface area contributed by atoms with Gasteiger partial charge in [0.05, 0.1) is 29.4 Å². The zero-order valence-corrected chi connectivity index (χ0v) is 12.8. The molecule has 2 aromatic rings. The fraction of sp³-hybridized carbons (Fsp3) is 0.250. The summed E-state index contributed by atoms with van der Waals surface area (Å²) in [6.45, 7) is 0.504. The number of methoxy groups -OCH3 is 1. The molecule has 0 aliphatic rings. The van der Waals surface area contributed by atoms with Crippen LogP contribution in [0.25, 0.3) is 0 Å². The molecule has 0 bridgehead atoms. The summed E-state index contributed by atoms with van der Waals surface area (Å²) < 4.78 is 23.0. The van der Waals surface area contributed by atoms with E-state index in [9.17, 15) is 4.21 Å². The monoisotopic (exact) mass is 305 g/mol. The second-order valence-electron chi connectivity index (χ2n) is 4.48. The van der Waals surface area contributed by atoms with E-state index in [0.29, 0.717) is 30.2 Å². The maximum absolute atomic E-state index is 12.2. The van der Waals surface area contributed by atoms with Crippen LogP contribution < -0.4 is 15.2 Å². The van der Waals surface area contributed by atoms with E-state index in [0.717, 1.165) is 10.6 Å². The van der Waals surface area contributed by atoms with Crippen LogP contribution >= 0.6 is 0 Å². The van der Waals surface area contributed by atoms with Gasteiger partial charge in [0.15, 0.2) is 0 Å². The highest BCUT2D eigenvalue weighted by Crippen LogP contribution is 2.21. The van der Waals surface area contributed by atoms with Crippen molar-refractivity contribution in [3.63, 3.8) is 0 Å². The van der Waals surface area contributed by atoms with Gasteiger partial charge >= 0.3 is 0 Å². The molecule has 2 N–H and O–H groups in total. The summed E-state index contributed by atoms with van der Waals surface area (Å²) in [4.78, 5) is 0.726. The van der Waals surface area contributed by atoms with Gasteiger partial charge in [-0.1, -0.05) is 18.2 Å². The third-order valence-electron chi connectivity index (χ3n) is 2.92. The molecule has 0 radical (unpaired) electrons. The molecule has 0 spiro atoms. The van der Waals surface area contributed by atoms with Gasteiger partial charge in [-0.25, -0.2) is 0 Å². The number of nitrogen functional groups attached to an aromatic ring is 1. The molecule has 2 rings (SSSR count). The molecule has 0 aliphatic carbocycles. The molecule has 21 heavy (non-hydrogen) atoms. The lowest BCUT2D eigenvalue weighted by molar-refractivity contribution is 0.318. The molecule has 0 fully saturated rings. The predicted molar refractivity (Wildman–Crippen MR) is 85.2 cm³/mol. The van der Waals surface area contributed by atoms with Gasteiger partial charge in [-0.05, 0) is 30.7 Å².